The molecule has 1 aliphatic rings. The first-order valence-corrected chi connectivity index (χ1v) is 5.16. The Balaban J connectivity index is 2.38. The molecule has 110 valence electrons. The van der Waals surface area contributed by atoms with Crippen LogP contribution in [0.4, 0.5) is 22.0 Å². The molecule has 1 aliphatic heterocycles. The molecule has 0 spiro atoms. The number of halogens is 5. The van der Waals surface area contributed by atoms with Crippen molar-refractivity contribution in [1.82, 2.24) is 14.8 Å². The van der Waals surface area contributed by atoms with Crippen molar-refractivity contribution in [2.45, 2.75) is 24.9 Å². The van der Waals surface area contributed by atoms with E-state index in [1.54, 1.807) is 0 Å². The third-order valence-corrected chi connectivity index (χ3v) is 2.64. The molecule has 0 bridgehead atoms. The minimum atomic E-state index is -5.19. The summed E-state index contributed by atoms with van der Waals surface area (Å²) in [5.74, 6) is -1.53. The predicted molar refractivity (Wildman–Crippen MR) is 53.8 cm³/mol. The third-order valence-electron chi connectivity index (χ3n) is 2.64. The zero-order valence-electron chi connectivity index (χ0n) is 9.55. The van der Waals surface area contributed by atoms with Crippen molar-refractivity contribution in [2.24, 2.45) is 5.10 Å². The Morgan fingerprint density at radius 2 is 2.10 bits per heavy atom. The molecule has 1 aromatic rings. The molecule has 1 N–H and O–H groups in total. The lowest BCUT2D eigenvalue weighted by molar-refractivity contribution is -0.297. The van der Waals surface area contributed by atoms with Gasteiger partial charge in [-0.25, -0.2) is 0 Å². The molecule has 1 amide bonds. The molecule has 20 heavy (non-hydrogen) atoms. The summed E-state index contributed by atoms with van der Waals surface area (Å²) < 4.78 is 63.3. The van der Waals surface area contributed by atoms with Gasteiger partial charge in [0, 0.05) is 18.8 Å². The molecule has 0 fully saturated rings. The first-order chi connectivity index (χ1) is 9.18. The molecule has 0 saturated carbocycles. The number of hydrazone groups is 1. The molecule has 1 aromatic heterocycles. The molecule has 1 unspecified atom stereocenters. The molecular weight excluding hydrogens is 291 g/mol. The summed E-state index contributed by atoms with van der Waals surface area (Å²) in [6.45, 7) is -3.21. The average Bonchev–Trinajstić information content (AvgIpc) is 2.93. The van der Waals surface area contributed by atoms with Gasteiger partial charge in [0.1, 0.15) is 5.69 Å². The van der Waals surface area contributed by atoms with Crippen molar-refractivity contribution < 1.29 is 31.9 Å². The van der Waals surface area contributed by atoms with Gasteiger partial charge in [-0.05, 0) is 6.07 Å². The minimum Gasteiger partial charge on any atom is -0.362 e. The Labute approximate surface area is 108 Å². The molecule has 6 nitrogen and oxygen atoms in total. The molecule has 1 atom stereocenters. The van der Waals surface area contributed by atoms with Gasteiger partial charge in [0.15, 0.2) is 0 Å². The van der Waals surface area contributed by atoms with E-state index in [1.807, 2.05) is 0 Å². The van der Waals surface area contributed by atoms with Crippen molar-refractivity contribution in [2.75, 3.05) is 0 Å². The molecule has 0 saturated heterocycles. The lowest BCUT2D eigenvalue weighted by atomic mass is 10.1. The highest BCUT2D eigenvalue weighted by Crippen LogP contribution is 2.39. The second-order valence-electron chi connectivity index (χ2n) is 3.87. The lowest BCUT2D eigenvalue weighted by Gasteiger charge is -2.32. The van der Waals surface area contributed by atoms with Crippen LogP contribution in [-0.4, -0.2) is 43.9 Å². The summed E-state index contributed by atoms with van der Waals surface area (Å²) in [4.78, 5) is 11.9. The molecule has 2 heterocycles. The van der Waals surface area contributed by atoms with Gasteiger partial charge in [-0.3, -0.25) is 4.79 Å². The molecule has 11 heteroatoms. The number of carbonyl (C=O) groups is 1. The number of rotatable bonds is 2. The first kappa shape index (κ1) is 14.4. The lowest BCUT2D eigenvalue weighted by Crippen LogP contribution is -2.56. The normalized spacial score (nSPS) is 22.9. The smallest absolute Gasteiger partial charge is 0.362 e. The van der Waals surface area contributed by atoms with Crippen LogP contribution in [0.25, 0.3) is 0 Å². The number of hydrogen-bond donors (Lipinski definition) is 1. The van der Waals surface area contributed by atoms with Crippen molar-refractivity contribution in [3.05, 3.63) is 18.0 Å². The zero-order valence-corrected chi connectivity index (χ0v) is 9.55. The van der Waals surface area contributed by atoms with Crippen molar-refractivity contribution in [3.63, 3.8) is 0 Å². The van der Waals surface area contributed by atoms with E-state index >= 15 is 0 Å². The van der Waals surface area contributed by atoms with E-state index in [0.29, 0.717) is 6.21 Å². The summed E-state index contributed by atoms with van der Waals surface area (Å²) in [7, 11) is 0. The fraction of sp³-hybridized carbons (Fsp3) is 0.444. The third kappa shape index (κ3) is 2.03. The summed E-state index contributed by atoms with van der Waals surface area (Å²) in [5, 5.41) is 15.5. The van der Waals surface area contributed by atoms with Crippen LogP contribution in [0.2, 0.25) is 0 Å². The van der Waals surface area contributed by atoms with E-state index in [2.05, 4.69) is 10.2 Å². The highest BCUT2D eigenvalue weighted by molar-refractivity contribution is 5.94. The van der Waals surface area contributed by atoms with Crippen molar-refractivity contribution in [3.8, 4) is 0 Å². The number of amides is 1. The van der Waals surface area contributed by atoms with E-state index < -0.39 is 36.5 Å². The van der Waals surface area contributed by atoms with E-state index in [0.717, 1.165) is 12.3 Å². The van der Waals surface area contributed by atoms with Gasteiger partial charge in [-0.1, -0.05) is 0 Å². The van der Waals surface area contributed by atoms with Crippen LogP contribution in [-0.2, 0) is 0 Å². The Kier molecular flexibility index (Phi) is 3.24. The van der Waals surface area contributed by atoms with E-state index in [1.165, 1.54) is 0 Å². The van der Waals surface area contributed by atoms with Gasteiger partial charge in [0.25, 0.3) is 11.6 Å². The molecular formula is C9H7F5N4O2. The maximum atomic E-state index is 12.8. The number of nitrogens with zero attached hydrogens (tertiary/aromatic N) is 4. The van der Waals surface area contributed by atoms with Crippen LogP contribution in [0.3, 0.4) is 0 Å². The molecule has 0 aromatic carbocycles. The number of aromatic nitrogens is 2. The molecule has 0 aliphatic carbocycles. The molecule has 0 radical (unpaired) electrons. The number of alkyl halides is 5. The maximum Gasteiger partial charge on any atom is 0.438 e. The highest BCUT2D eigenvalue weighted by atomic mass is 19.4. The summed E-state index contributed by atoms with van der Waals surface area (Å²) in [6, 6.07) is 0.805. The van der Waals surface area contributed by atoms with Crippen LogP contribution in [0.5, 0.6) is 0 Å². The van der Waals surface area contributed by atoms with Crippen LogP contribution in [0.1, 0.15) is 23.5 Å². The molecule has 2 rings (SSSR count). The zero-order chi connectivity index (χ0) is 15.1. The summed E-state index contributed by atoms with van der Waals surface area (Å²) in [6.07, 6.45) is -4.67. The Bertz CT molecular complexity index is 555. The number of carbonyl (C=O) groups excluding carboxylic acids is 1. The number of hydrogen-bond acceptors (Lipinski definition) is 4. The SMILES string of the molecule is O=C(c1ccnn1C(F)F)N1N=CCC1(O)C(F)(F)F. The van der Waals surface area contributed by atoms with Crippen LogP contribution >= 0.6 is 0 Å². The highest BCUT2D eigenvalue weighted by Gasteiger charge is 2.61. The number of aliphatic hydroxyl groups is 1. The topological polar surface area (TPSA) is 70.7 Å². The summed E-state index contributed by atoms with van der Waals surface area (Å²) in [5.41, 5.74) is -4.37. The van der Waals surface area contributed by atoms with E-state index in [4.69, 9.17) is 0 Å². The maximum absolute atomic E-state index is 12.8. The quantitative estimate of drug-likeness (QED) is 0.838. The van der Waals surface area contributed by atoms with Gasteiger partial charge in [-0.2, -0.15) is 41.8 Å². The van der Waals surface area contributed by atoms with Crippen LogP contribution < -0.4 is 0 Å². The van der Waals surface area contributed by atoms with E-state index in [9.17, 15) is 31.9 Å². The standard InChI is InChI=1S/C9H7F5N4O2/c10-7(11)17-5(1-3-15-17)6(19)18-8(20,2-4-16-18)9(12,13)14/h1,3-4,7,20H,2H2. The second-order valence-corrected chi connectivity index (χ2v) is 3.87. The monoisotopic (exact) mass is 298 g/mol. The van der Waals surface area contributed by atoms with E-state index in [-0.39, 0.29) is 9.69 Å². The van der Waals surface area contributed by atoms with Gasteiger partial charge in [0.05, 0.1) is 0 Å². The first-order valence-electron chi connectivity index (χ1n) is 5.16. The summed E-state index contributed by atoms with van der Waals surface area (Å²) >= 11 is 0. The van der Waals surface area contributed by atoms with Gasteiger partial charge in [0.2, 0.25) is 0 Å². The largest absolute Gasteiger partial charge is 0.438 e. The Hall–Kier alpha value is -2.04. The Morgan fingerprint density at radius 1 is 1.45 bits per heavy atom. The average molecular weight is 298 g/mol. The Morgan fingerprint density at radius 3 is 2.65 bits per heavy atom. The van der Waals surface area contributed by atoms with Gasteiger partial charge in [-0.15, -0.1) is 0 Å². The van der Waals surface area contributed by atoms with Gasteiger partial charge < -0.3 is 5.11 Å². The van der Waals surface area contributed by atoms with Gasteiger partial charge >= 0.3 is 12.7 Å². The van der Waals surface area contributed by atoms with Crippen molar-refractivity contribution in [1.29, 1.82) is 0 Å². The van der Waals surface area contributed by atoms with Crippen LogP contribution in [0.15, 0.2) is 17.4 Å². The predicted octanol–water partition coefficient (Wildman–Crippen LogP) is 1.36. The minimum absolute atomic E-state index is 0.0625. The van der Waals surface area contributed by atoms with Crippen molar-refractivity contribution >= 4 is 12.1 Å². The fourth-order valence-electron chi connectivity index (χ4n) is 1.64. The second kappa shape index (κ2) is 4.51. The fourth-order valence-corrected chi connectivity index (χ4v) is 1.64. The van der Waals surface area contributed by atoms with Crippen LogP contribution in [0, 0.1) is 0 Å².